The van der Waals surface area contributed by atoms with Crippen LogP contribution in [-0.4, -0.2) is 19.7 Å². The van der Waals surface area contributed by atoms with Crippen molar-refractivity contribution < 1.29 is 9.15 Å². The number of hydrogen-bond donors (Lipinski definition) is 1. The Morgan fingerprint density at radius 1 is 1.32 bits per heavy atom. The highest BCUT2D eigenvalue weighted by molar-refractivity contribution is 5.77. The van der Waals surface area contributed by atoms with Gasteiger partial charge in [0.1, 0.15) is 17.4 Å². The molecule has 0 saturated carbocycles. The van der Waals surface area contributed by atoms with Gasteiger partial charge in [-0.3, -0.25) is 0 Å². The molecule has 1 saturated heterocycles. The minimum Gasteiger partial charge on any atom is -0.458 e. The Balaban J connectivity index is 1.76. The second-order valence-corrected chi connectivity index (χ2v) is 5.23. The maximum atomic E-state index is 5.94. The molecule has 2 aromatic rings. The molecular weight excluding hydrogens is 238 g/mol. The van der Waals surface area contributed by atoms with Crippen LogP contribution >= 0.6 is 0 Å². The minimum atomic E-state index is 0.108. The lowest BCUT2D eigenvalue weighted by Gasteiger charge is -2.16. The van der Waals surface area contributed by atoms with Crippen molar-refractivity contribution in [2.75, 3.05) is 19.7 Å². The standard InChI is InChI=1S/C16H21NO2/c1-2-8-17-11-13-7-9-18-16(13)15-10-12-5-3-4-6-14(12)19-15/h3-6,10,13,16-17H,2,7-9,11H2,1H3. The van der Waals surface area contributed by atoms with E-state index in [0.29, 0.717) is 5.92 Å². The molecule has 0 amide bonds. The summed E-state index contributed by atoms with van der Waals surface area (Å²) in [6.45, 7) is 5.11. The molecule has 2 heterocycles. The van der Waals surface area contributed by atoms with E-state index < -0.39 is 0 Å². The summed E-state index contributed by atoms with van der Waals surface area (Å²) in [6.07, 6.45) is 2.39. The van der Waals surface area contributed by atoms with Crippen molar-refractivity contribution in [3.8, 4) is 0 Å². The first-order chi connectivity index (χ1) is 9.38. The van der Waals surface area contributed by atoms with Crippen molar-refractivity contribution >= 4 is 11.0 Å². The number of nitrogens with one attached hydrogen (secondary N) is 1. The van der Waals surface area contributed by atoms with Crippen LogP contribution in [0.25, 0.3) is 11.0 Å². The Hall–Kier alpha value is -1.32. The second kappa shape index (κ2) is 5.76. The van der Waals surface area contributed by atoms with Gasteiger partial charge in [0, 0.05) is 24.5 Å². The number of fused-ring (bicyclic) bond motifs is 1. The Bertz CT molecular complexity index is 501. The van der Waals surface area contributed by atoms with E-state index in [1.54, 1.807) is 0 Å². The third-order valence-corrected chi connectivity index (χ3v) is 3.77. The number of benzene rings is 1. The molecule has 2 atom stereocenters. The molecule has 1 aliphatic rings. The van der Waals surface area contributed by atoms with Crippen LogP contribution < -0.4 is 5.32 Å². The predicted molar refractivity (Wildman–Crippen MR) is 76.2 cm³/mol. The fourth-order valence-electron chi connectivity index (χ4n) is 2.76. The second-order valence-electron chi connectivity index (χ2n) is 5.23. The zero-order valence-electron chi connectivity index (χ0n) is 11.4. The van der Waals surface area contributed by atoms with Gasteiger partial charge in [-0.15, -0.1) is 0 Å². The van der Waals surface area contributed by atoms with E-state index in [1.807, 2.05) is 18.2 Å². The Morgan fingerprint density at radius 3 is 3.05 bits per heavy atom. The van der Waals surface area contributed by atoms with Crippen molar-refractivity contribution in [2.45, 2.75) is 25.9 Å². The Labute approximate surface area is 113 Å². The fraction of sp³-hybridized carbons (Fsp3) is 0.500. The van der Waals surface area contributed by atoms with Crippen molar-refractivity contribution in [3.05, 3.63) is 36.1 Å². The van der Waals surface area contributed by atoms with Crippen LogP contribution in [0.2, 0.25) is 0 Å². The van der Waals surface area contributed by atoms with Crippen molar-refractivity contribution in [2.24, 2.45) is 5.92 Å². The van der Waals surface area contributed by atoms with Gasteiger partial charge in [0.05, 0.1) is 0 Å². The molecule has 1 aromatic carbocycles. The average Bonchev–Trinajstić information content (AvgIpc) is 3.04. The topological polar surface area (TPSA) is 34.4 Å². The molecular formula is C16H21NO2. The van der Waals surface area contributed by atoms with E-state index in [4.69, 9.17) is 9.15 Å². The van der Waals surface area contributed by atoms with Crippen LogP contribution in [0.5, 0.6) is 0 Å². The van der Waals surface area contributed by atoms with Gasteiger partial charge in [0.15, 0.2) is 0 Å². The first kappa shape index (κ1) is 12.7. The van der Waals surface area contributed by atoms with Gasteiger partial charge in [-0.1, -0.05) is 25.1 Å². The van der Waals surface area contributed by atoms with E-state index in [-0.39, 0.29) is 6.10 Å². The zero-order chi connectivity index (χ0) is 13.1. The van der Waals surface area contributed by atoms with Crippen LogP contribution in [0.3, 0.4) is 0 Å². The monoisotopic (exact) mass is 259 g/mol. The maximum Gasteiger partial charge on any atom is 0.134 e. The highest BCUT2D eigenvalue weighted by Crippen LogP contribution is 2.36. The lowest BCUT2D eigenvalue weighted by Crippen LogP contribution is -2.25. The van der Waals surface area contributed by atoms with Gasteiger partial charge in [-0.05, 0) is 31.5 Å². The quantitative estimate of drug-likeness (QED) is 0.834. The lowest BCUT2D eigenvalue weighted by molar-refractivity contribution is 0.0736. The summed E-state index contributed by atoms with van der Waals surface area (Å²) in [5, 5.41) is 4.65. The van der Waals surface area contributed by atoms with Gasteiger partial charge < -0.3 is 14.5 Å². The normalized spacial score (nSPS) is 23.2. The summed E-state index contributed by atoms with van der Waals surface area (Å²) in [4.78, 5) is 0. The van der Waals surface area contributed by atoms with Gasteiger partial charge in [-0.2, -0.15) is 0 Å². The van der Waals surface area contributed by atoms with Crippen LogP contribution in [-0.2, 0) is 4.74 Å². The molecule has 19 heavy (non-hydrogen) atoms. The zero-order valence-corrected chi connectivity index (χ0v) is 11.4. The van der Waals surface area contributed by atoms with E-state index in [0.717, 1.165) is 42.8 Å². The fourth-order valence-corrected chi connectivity index (χ4v) is 2.76. The molecule has 1 aromatic heterocycles. The first-order valence-corrected chi connectivity index (χ1v) is 7.19. The summed E-state index contributed by atoms with van der Waals surface area (Å²) >= 11 is 0. The molecule has 3 heteroatoms. The summed E-state index contributed by atoms with van der Waals surface area (Å²) in [5.41, 5.74) is 0.952. The summed E-state index contributed by atoms with van der Waals surface area (Å²) < 4.78 is 11.8. The summed E-state index contributed by atoms with van der Waals surface area (Å²) in [7, 11) is 0. The lowest BCUT2D eigenvalue weighted by atomic mass is 9.99. The first-order valence-electron chi connectivity index (χ1n) is 7.19. The molecule has 2 unspecified atom stereocenters. The largest absolute Gasteiger partial charge is 0.458 e. The number of hydrogen-bond acceptors (Lipinski definition) is 3. The SMILES string of the molecule is CCCNCC1CCOC1c1cc2ccccc2o1. The molecule has 1 N–H and O–H groups in total. The van der Waals surface area contributed by atoms with Crippen LogP contribution in [0.15, 0.2) is 34.7 Å². The van der Waals surface area contributed by atoms with E-state index >= 15 is 0 Å². The number of ether oxygens (including phenoxy) is 1. The molecule has 0 aliphatic carbocycles. The molecule has 1 fully saturated rings. The van der Waals surface area contributed by atoms with Crippen LogP contribution in [0.4, 0.5) is 0 Å². The summed E-state index contributed by atoms with van der Waals surface area (Å²) in [6, 6.07) is 10.3. The van der Waals surface area contributed by atoms with Crippen molar-refractivity contribution in [1.29, 1.82) is 0 Å². The third kappa shape index (κ3) is 2.67. The highest BCUT2D eigenvalue weighted by atomic mass is 16.5. The van der Waals surface area contributed by atoms with Crippen molar-refractivity contribution in [1.82, 2.24) is 5.32 Å². The Kier molecular flexibility index (Phi) is 3.85. The molecule has 0 spiro atoms. The molecule has 0 radical (unpaired) electrons. The molecule has 0 bridgehead atoms. The van der Waals surface area contributed by atoms with Gasteiger partial charge >= 0.3 is 0 Å². The van der Waals surface area contributed by atoms with E-state index in [2.05, 4.69) is 24.4 Å². The summed E-state index contributed by atoms with van der Waals surface area (Å²) in [5.74, 6) is 1.49. The predicted octanol–water partition coefficient (Wildman–Crippen LogP) is 3.51. The Morgan fingerprint density at radius 2 is 2.21 bits per heavy atom. The van der Waals surface area contributed by atoms with Crippen molar-refractivity contribution in [3.63, 3.8) is 0 Å². The number of furan rings is 1. The number of rotatable bonds is 5. The number of para-hydroxylation sites is 1. The molecule has 3 nitrogen and oxygen atoms in total. The molecule has 102 valence electrons. The third-order valence-electron chi connectivity index (χ3n) is 3.77. The van der Waals surface area contributed by atoms with Gasteiger partial charge in [0.25, 0.3) is 0 Å². The van der Waals surface area contributed by atoms with Gasteiger partial charge in [0.2, 0.25) is 0 Å². The van der Waals surface area contributed by atoms with Crippen LogP contribution in [0, 0.1) is 5.92 Å². The molecule has 1 aliphatic heterocycles. The van der Waals surface area contributed by atoms with E-state index in [9.17, 15) is 0 Å². The average molecular weight is 259 g/mol. The minimum absolute atomic E-state index is 0.108. The van der Waals surface area contributed by atoms with Crippen LogP contribution in [0.1, 0.15) is 31.6 Å². The smallest absolute Gasteiger partial charge is 0.134 e. The molecule has 3 rings (SSSR count). The van der Waals surface area contributed by atoms with Gasteiger partial charge in [-0.25, -0.2) is 0 Å². The van der Waals surface area contributed by atoms with E-state index in [1.165, 1.54) is 6.42 Å². The maximum absolute atomic E-state index is 5.94. The highest BCUT2D eigenvalue weighted by Gasteiger charge is 2.31.